The van der Waals surface area contributed by atoms with Crippen LogP contribution >= 0.6 is 27.7 Å². The Bertz CT molecular complexity index is 763. The number of phenols is 1. The van der Waals surface area contributed by atoms with Crippen LogP contribution in [-0.2, 0) is 14.3 Å². The summed E-state index contributed by atoms with van der Waals surface area (Å²) in [5.41, 5.74) is 0.552. The monoisotopic (exact) mass is 429 g/mol. The molecule has 7 nitrogen and oxygen atoms in total. The summed E-state index contributed by atoms with van der Waals surface area (Å²) >= 11 is 3.93. The number of nitrogens with zero attached hydrogens (tertiary/aromatic N) is 1. The highest BCUT2D eigenvalue weighted by atomic mass is 79.9. The zero-order valence-corrected chi connectivity index (χ0v) is 16.1. The molecular weight excluding hydrogens is 414 g/mol. The average Bonchev–Trinajstić information content (AvgIpc) is 2.84. The van der Waals surface area contributed by atoms with Crippen LogP contribution in [0.3, 0.4) is 0 Å². The summed E-state index contributed by atoms with van der Waals surface area (Å²) in [5.74, 6) is -1.05. The van der Waals surface area contributed by atoms with Crippen molar-refractivity contribution < 1.29 is 29.0 Å². The van der Waals surface area contributed by atoms with E-state index in [1.54, 1.807) is 13.0 Å². The van der Waals surface area contributed by atoms with Crippen LogP contribution in [0.4, 0.5) is 4.79 Å². The van der Waals surface area contributed by atoms with E-state index in [0.29, 0.717) is 10.0 Å². The summed E-state index contributed by atoms with van der Waals surface area (Å²) in [6.07, 6.45) is 1.50. The van der Waals surface area contributed by atoms with Gasteiger partial charge in [0.25, 0.3) is 11.1 Å². The lowest BCUT2D eigenvalue weighted by atomic mass is 10.1. The molecule has 0 aliphatic carbocycles. The van der Waals surface area contributed by atoms with Gasteiger partial charge < -0.3 is 14.6 Å². The van der Waals surface area contributed by atoms with Crippen molar-refractivity contribution in [1.29, 1.82) is 0 Å². The molecule has 0 bridgehead atoms. The molecule has 0 spiro atoms. The van der Waals surface area contributed by atoms with Crippen molar-refractivity contribution in [3.8, 4) is 11.5 Å². The number of phenolic OH excluding ortho intramolecular Hbond substituents is 1. The van der Waals surface area contributed by atoms with E-state index < -0.39 is 23.2 Å². The van der Waals surface area contributed by atoms with Crippen molar-refractivity contribution in [2.75, 3.05) is 13.7 Å². The minimum atomic E-state index is -1.00. The smallest absolute Gasteiger partial charge is 0.329 e. The standard InChI is InChI=1S/C16H16BrNO6S/c1-4-24-15(21)8(2)18-14(20)12(25-16(18)22)7-9-5-10(17)13(19)11(6-9)23-3/h5-8,19H,4H2,1-3H3/b12-7-/t8-/m1/s1. The van der Waals surface area contributed by atoms with Gasteiger partial charge in [0.1, 0.15) is 6.04 Å². The van der Waals surface area contributed by atoms with Crippen LogP contribution < -0.4 is 4.74 Å². The van der Waals surface area contributed by atoms with Crippen LogP contribution in [0.1, 0.15) is 19.4 Å². The van der Waals surface area contributed by atoms with Crippen molar-refractivity contribution in [1.82, 2.24) is 4.90 Å². The fourth-order valence-electron chi connectivity index (χ4n) is 2.17. The molecule has 9 heteroatoms. The second kappa shape index (κ2) is 7.92. The zero-order chi connectivity index (χ0) is 18.7. The molecule has 0 radical (unpaired) electrons. The summed E-state index contributed by atoms with van der Waals surface area (Å²) in [4.78, 5) is 37.5. The average molecular weight is 430 g/mol. The van der Waals surface area contributed by atoms with Crippen LogP contribution in [0.5, 0.6) is 11.5 Å². The number of ether oxygens (including phenoxy) is 2. The third-order valence-corrected chi connectivity index (χ3v) is 4.90. The molecule has 2 amide bonds. The Labute approximate surface area is 157 Å². The van der Waals surface area contributed by atoms with Crippen LogP contribution in [0.25, 0.3) is 6.08 Å². The number of amides is 2. The maximum absolute atomic E-state index is 12.5. The van der Waals surface area contributed by atoms with Gasteiger partial charge in [0.05, 0.1) is 23.1 Å². The minimum absolute atomic E-state index is 0.0660. The van der Waals surface area contributed by atoms with Crippen molar-refractivity contribution in [3.63, 3.8) is 0 Å². The van der Waals surface area contributed by atoms with Gasteiger partial charge in [0.15, 0.2) is 11.5 Å². The molecule has 1 heterocycles. The molecule has 1 N–H and O–H groups in total. The number of carbonyl (C=O) groups excluding carboxylic acids is 3. The summed E-state index contributed by atoms with van der Waals surface area (Å²) in [6.45, 7) is 3.25. The number of esters is 1. The Kier molecular flexibility index (Phi) is 6.12. The molecule has 1 aromatic rings. The maximum Gasteiger partial charge on any atom is 0.329 e. The fourth-order valence-corrected chi connectivity index (χ4v) is 3.53. The van der Waals surface area contributed by atoms with E-state index in [1.165, 1.54) is 26.2 Å². The highest BCUT2D eigenvalue weighted by molar-refractivity contribution is 9.10. The number of hydrogen-bond donors (Lipinski definition) is 1. The highest BCUT2D eigenvalue weighted by Crippen LogP contribution is 2.38. The molecule has 0 aromatic heterocycles. The van der Waals surface area contributed by atoms with Crippen LogP contribution in [-0.4, -0.2) is 46.9 Å². The number of thioether (sulfide) groups is 1. The van der Waals surface area contributed by atoms with Crippen molar-refractivity contribution in [3.05, 3.63) is 27.1 Å². The second-order valence-electron chi connectivity index (χ2n) is 5.03. The van der Waals surface area contributed by atoms with Crippen LogP contribution in [0.15, 0.2) is 21.5 Å². The number of hydrogen-bond acceptors (Lipinski definition) is 7. The van der Waals surface area contributed by atoms with E-state index in [2.05, 4.69) is 15.9 Å². The lowest BCUT2D eigenvalue weighted by Gasteiger charge is -2.19. The Morgan fingerprint density at radius 1 is 1.44 bits per heavy atom. The van der Waals surface area contributed by atoms with Gasteiger partial charge >= 0.3 is 5.97 Å². The zero-order valence-electron chi connectivity index (χ0n) is 13.7. The topological polar surface area (TPSA) is 93.1 Å². The molecule has 1 atom stereocenters. The number of carbonyl (C=O) groups is 3. The summed E-state index contributed by atoms with van der Waals surface area (Å²) in [7, 11) is 1.40. The first-order chi connectivity index (χ1) is 11.8. The number of methoxy groups -OCH3 is 1. The van der Waals surface area contributed by atoms with Gasteiger partial charge in [-0.2, -0.15) is 0 Å². The second-order valence-corrected chi connectivity index (χ2v) is 6.88. The number of halogens is 1. The number of benzene rings is 1. The SMILES string of the molecule is CCOC(=O)[C@@H](C)N1C(=O)S/C(=C\c2cc(Br)c(O)c(OC)c2)C1=O. The van der Waals surface area contributed by atoms with Crippen molar-refractivity contribution in [2.24, 2.45) is 0 Å². The highest BCUT2D eigenvalue weighted by Gasteiger charge is 2.41. The van der Waals surface area contributed by atoms with Gasteiger partial charge in [-0.3, -0.25) is 14.5 Å². The predicted octanol–water partition coefficient (Wildman–Crippen LogP) is 3.15. The van der Waals surface area contributed by atoms with E-state index in [4.69, 9.17) is 9.47 Å². The van der Waals surface area contributed by atoms with Crippen LogP contribution in [0, 0.1) is 0 Å². The summed E-state index contributed by atoms with van der Waals surface area (Å²) in [5, 5.41) is 9.28. The van der Waals surface area contributed by atoms with Crippen molar-refractivity contribution >= 4 is 50.9 Å². The van der Waals surface area contributed by atoms with Gasteiger partial charge in [0.2, 0.25) is 0 Å². The Morgan fingerprint density at radius 2 is 2.12 bits per heavy atom. The molecule has 134 valence electrons. The number of rotatable bonds is 5. The Balaban J connectivity index is 2.32. The third-order valence-electron chi connectivity index (χ3n) is 3.41. The molecule has 0 saturated carbocycles. The molecule has 1 saturated heterocycles. The largest absolute Gasteiger partial charge is 0.503 e. The molecule has 1 aliphatic heterocycles. The van der Waals surface area contributed by atoms with E-state index in [0.717, 1.165) is 16.7 Å². The maximum atomic E-state index is 12.5. The molecular formula is C16H16BrNO6S. The minimum Gasteiger partial charge on any atom is -0.503 e. The van der Waals surface area contributed by atoms with Gasteiger partial charge in [-0.05, 0) is 65.3 Å². The molecule has 1 aliphatic rings. The molecule has 25 heavy (non-hydrogen) atoms. The summed E-state index contributed by atoms with van der Waals surface area (Å²) in [6, 6.07) is 2.11. The lowest BCUT2D eigenvalue weighted by molar-refractivity contribution is -0.150. The van der Waals surface area contributed by atoms with Crippen molar-refractivity contribution in [2.45, 2.75) is 19.9 Å². The molecule has 1 fully saturated rings. The predicted molar refractivity (Wildman–Crippen MR) is 96.3 cm³/mol. The lowest BCUT2D eigenvalue weighted by Crippen LogP contribution is -2.42. The van der Waals surface area contributed by atoms with Gasteiger partial charge in [0, 0.05) is 0 Å². The fraction of sp³-hybridized carbons (Fsp3) is 0.312. The van der Waals surface area contributed by atoms with Gasteiger partial charge in [-0.15, -0.1) is 0 Å². The molecule has 0 unspecified atom stereocenters. The third kappa shape index (κ3) is 3.98. The first-order valence-corrected chi connectivity index (χ1v) is 8.91. The van der Waals surface area contributed by atoms with Gasteiger partial charge in [-0.25, -0.2) is 4.79 Å². The molecule has 2 rings (SSSR count). The number of imide groups is 1. The van der Waals surface area contributed by atoms with E-state index >= 15 is 0 Å². The molecule has 1 aromatic carbocycles. The van der Waals surface area contributed by atoms with Gasteiger partial charge in [-0.1, -0.05) is 0 Å². The van der Waals surface area contributed by atoms with E-state index in [-0.39, 0.29) is 23.0 Å². The first kappa shape index (κ1) is 19.3. The summed E-state index contributed by atoms with van der Waals surface area (Å²) < 4.78 is 10.3. The van der Waals surface area contributed by atoms with E-state index in [9.17, 15) is 19.5 Å². The Hall–Kier alpha value is -2.00. The van der Waals surface area contributed by atoms with E-state index in [1.807, 2.05) is 0 Å². The number of aromatic hydroxyl groups is 1. The first-order valence-electron chi connectivity index (χ1n) is 7.30. The normalized spacial score (nSPS) is 17.1. The quantitative estimate of drug-likeness (QED) is 0.567. The van der Waals surface area contributed by atoms with Crippen LogP contribution in [0.2, 0.25) is 0 Å². The Morgan fingerprint density at radius 3 is 2.72 bits per heavy atom.